The van der Waals surface area contributed by atoms with Gasteiger partial charge in [0.15, 0.2) is 5.16 Å². The first-order valence-corrected chi connectivity index (χ1v) is 6.78. The van der Waals surface area contributed by atoms with Crippen LogP contribution in [-0.4, -0.2) is 16.5 Å². The van der Waals surface area contributed by atoms with Crippen LogP contribution < -0.4 is 5.73 Å². The number of nitrogens with zero attached hydrogens (tertiary/aromatic N) is 2. The fourth-order valence-electron chi connectivity index (χ4n) is 1.74. The lowest BCUT2D eigenvalue weighted by Gasteiger charge is -2.04. The number of nitrogens with two attached hydrogens (primary N) is 1. The van der Waals surface area contributed by atoms with E-state index in [1.165, 1.54) is 5.56 Å². The molecule has 4 heteroatoms. The zero-order valence-corrected chi connectivity index (χ0v) is 11.5. The molecule has 18 heavy (non-hydrogen) atoms. The number of hydrogen-bond acceptors (Lipinski definition) is 4. The van der Waals surface area contributed by atoms with E-state index in [4.69, 9.17) is 5.73 Å². The molecular weight excluding hydrogens is 242 g/mol. The molecule has 0 bridgehead atoms. The quantitative estimate of drug-likeness (QED) is 0.858. The maximum absolute atomic E-state index is 5.53. The molecule has 0 fully saturated rings. The van der Waals surface area contributed by atoms with Crippen molar-refractivity contribution in [2.24, 2.45) is 5.73 Å². The lowest BCUT2D eigenvalue weighted by atomic mass is 10.2. The van der Waals surface area contributed by atoms with Gasteiger partial charge in [-0.1, -0.05) is 12.1 Å². The van der Waals surface area contributed by atoms with Crippen molar-refractivity contribution in [2.45, 2.75) is 30.3 Å². The van der Waals surface area contributed by atoms with E-state index in [0.29, 0.717) is 6.54 Å². The highest BCUT2D eigenvalue weighted by Gasteiger charge is 2.02. The summed E-state index contributed by atoms with van der Waals surface area (Å²) in [6.07, 6.45) is 0.922. The van der Waals surface area contributed by atoms with Crippen molar-refractivity contribution in [1.82, 2.24) is 9.97 Å². The van der Waals surface area contributed by atoms with Crippen molar-refractivity contribution < 1.29 is 0 Å². The van der Waals surface area contributed by atoms with Crippen molar-refractivity contribution in [1.29, 1.82) is 0 Å². The molecular formula is C14H17N3S. The normalized spacial score (nSPS) is 10.6. The van der Waals surface area contributed by atoms with Crippen LogP contribution in [0.3, 0.4) is 0 Å². The topological polar surface area (TPSA) is 51.8 Å². The van der Waals surface area contributed by atoms with Gasteiger partial charge in [-0.25, -0.2) is 9.97 Å². The molecule has 0 saturated heterocycles. The molecule has 0 aliphatic carbocycles. The van der Waals surface area contributed by atoms with E-state index in [1.54, 1.807) is 11.8 Å². The zero-order chi connectivity index (χ0) is 13.0. The van der Waals surface area contributed by atoms with Gasteiger partial charge in [0.25, 0.3) is 0 Å². The summed E-state index contributed by atoms with van der Waals surface area (Å²) in [6, 6.07) is 10.4. The minimum atomic E-state index is 0.687. The van der Waals surface area contributed by atoms with Gasteiger partial charge in [-0.15, -0.1) is 0 Å². The molecule has 1 aromatic heterocycles. The van der Waals surface area contributed by atoms with Crippen LogP contribution in [0.1, 0.15) is 17.0 Å². The molecule has 2 N–H and O–H groups in total. The summed E-state index contributed by atoms with van der Waals surface area (Å²) in [6.45, 7) is 4.67. The summed E-state index contributed by atoms with van der Waals surface area (Å²) in [7, 11) is 0. The van der Waals surface area contributed by atoms with E-state index in [2.05, 4.69) is 34.2 Å². The van der Waals surface area contributed by atoms with E-state index in [0.717, 1.165) is 27.9 Å². The Morgan fingerprint density at radius 3 is 2.22 bits per heavy atom. The van der Waals surface area contributed by atoms with Crippen LogP contribution in [0.25, 0.3) is 0 Å². The summed E-state index contributed by atoms with van der Waals surface area (Å²) in [5, 5.41) is 0.805. The van der Waals surface area contributed by atoms with E-state index in [1.807, 2.05) is 19.9 Å². The Balaban J connectivity index is 2.13. The van der Waals surface area contributed by atoms with Crippen LogP contribution in [0.2, 0.25) is 0 Å². The summed E-state index contributed by atoms with van der Waals surface area (Å²) in [4.78, 5) is 9.99. The third kappa shape index (κ3) is 3.55. The van der Waals surface area contributed by atoms with Gasteiger partial charge in [-0.3, -0.25) is 0 Å². The van der Waals surface area contributed by atoms with Gasteiger partial charge in [0.2, 0.25) is 0 Å². The summed E-state index contributed by atoms with van der Waals surface area (Å²) in [5.41, 5.74) is 8.81. The highest BCUT2D eigenvalue weighted by atomic mass is 32.2. The second kappa shape index (κ2) is 5.98. The molecule has 1 aromatic carbocycles. The lowest BCUT2D eigenvalue weighted by Crippen LogP contribution is -2.02. The van der Waals surface area contributed by atoms with E-state index in [-0.39, 0.29) is 0 Å². The van der Waals surface area contributed by atoms with E-state index >= 15 is 0 Å². The van der Waals surface area contributed by atoms with Crippen molar-refractivity contribution in [2.75, 3.05) is 6.54 Å². The van der Waals surface area contributed by atoms with Crippen molar-refractivity contribution in [3.05, 3.63) is 47.3 Å². The molecule has 0 amide bonds. The number of hydrogen-bond donors (Lipinski definition) is 1. The molecule has 2 rings (SSSR count). The predicted octanol–water partition coefficient (Wildman–Crippen LogP) is 2.75. The monoisotopic (exact) mass is 259 g/mol. The molecule has 0 unspecified atom stereocenters. The Bertz CT molecular complexity index is 503. The SMILES string of the molecule is Cc1cc(C)nc(Sc2ccc(CCN)cc2)n1. The largest absolute Gasteiger partial charge is 0.330 e. The molecule has 0 aliphatic rings. The minimum absolute atomic E-state index is 0.687. The second-order valence-corrected chi connectivity index (χ2v) is 5.26. The maximum atomic E-state index is 5.53. The molecule has 0 saturated carbocycles. The van der Waals surface area contributed by atoms with Crippen LogP contribution in [0.4, 0.5) is 0 Å². The Labute approximate surface area is 112 Å². The van der Waals surface area contributed by atoms with Crippen LogP contribution in [0.5, 0.6) is 0 Å². The van der Waals surface area contributed by atoms with Crippen molar-refractivity contribution in [3.8, 4) is 0 Å². The molecule has 0 aliphatic heterocycles. The second-order valence-electron chi connectivity index (χ2n) is 4.22. The smallest absolute Gasteiger partial charge is 0.192 e. The molecule has 3 nitrogen and oxygen atoms in total. The molecule has 0 radical (unpaired) electrons. The summed E-state index contributed by atoms with van der Waals surface area (Å²) in [5.74, 6) is 0. The highest BCUT2D eigenvalue weighted by molar-refractivity contribution is 7.99. The van der Waals surface area contributed by atoms with Crippen LogP contribution in [-0.2, 0) is 6.42 Å². The molecule has 0 atom stereocenters. The number of benzene rings is 1. The lowest BCUT2D eigenvalue weighted by molar-refractivity contribution is 0.902. The van der Waals surface area contributed by atoms with Gasteiger partial charge in [0.1, 0.15) is 0 Å². The van der Waals surface area contributed by atoms with Crippen molar-refractivity contribution >= 4 is 11.8 Å². The first-order valence-electron chi connectivity index (χ1n) is 5.96. The Morgan fingerprint density at radius 1 is 1.06 bits per heavy atom. The molecule has 1 heterocycles. The number of aromatic nitrogens is 2. The maximum Gasteiger partial charge on any atom is 0.192 e. The predicted molar refractivity (Wildman–Crippen MR) is 74.8 cm³/mol. The van der Waals surface area contributed by atoms with Gasteiger partial charge >= 0.3 is 0 Å². The van der Waals surface area contributed by atoms with Crippen molar-refractivity contribution in [3.63, 3.8) is 0 Å². The summed E-state index contributed by atoms with van der Waals surface area (Å²) < 4.78 is 0. The Kier molecular flexibility index (Phi) is 4.33. The standard InChI is InChI=1S/C14H17N3S/c1-10-9-11(2)17-14(16-10)18-13-5-3-12(4-6-13)7-8-15/h3-6,9H,7-8,15H2,1-2H3. The highest BCUT2D eigenvalue weighted by Crippen LogP contribution is 2.25. The molecule has 0 spiro atoms. The van der Waals surface area contributed by atoms with E-state index in [9.17, 15) is 0 Å². The van der Waals surface area contributed by atoms with E-state index < -0.39 is 0 Å². The Morgan fingerprint density at radius 2 is 1.67 bits per heavy atom. The van der Waals surface area contributed by atoms with Gasteiger partial charge in [-0.05, 0) is 62.3 Å². The molecule has 94 valence electrons. The minimum Gasteiger partial charge on any atom is -0.330 e. The number of rotatable bonds is 4. The third-order valence-electron chi connectivity index (χ3n) is 2.53. The van der Waals surface area contributed by atoms with Crippen LogP contribution >= 0.6 is 11.8 Å². The molecule has 2 aromatic rings. The zero-order valence-electron chi connectivity index (χ0n) is 10.7. The Hall–Kier alpha value is -1.39. The average Bonchev–Trinajstić information content (AvgIpc) is 2.31. The van der Waals surface area contributed by atoms with Gasteiger partial charge in [0.05, 0.1) is 0 Å². The first-order chi connectivity index (χ1) is 8.67. The van der Waals surface area contributed by atoms with Crippen LogP contribution in [0, 0.1) is 13.8 Å². The fraction of sp³-hybridized carbons (Fsp3) is 0.286. The number of aryl methyl sites for hydroxylation is 2. The van der Waals surface area contributed by atoms with Gasteiger partial charge in [0, 0.05) is 16.3 Å². The van der Waals surface area contributed by atoms with Gasteiger partial charge < -0.3 is 5.73 Å². The average molecular weight is 259 g/mol. The third-order valence-corrected chi connectivity index (χ3v) is 3.40. The van der Waals surface area contributed by atoms with Gasteiger partial charge in [-0.2, -0.15) is 0 Å². The fourth-order valence-corrected chi connectivity index (χ4v) is 2.60. The van der Waals surface area contributed by atoms with Crippen LogP contribution in [0.15, 0.2) is 40.4 Å². The summed E-state index contributed by atoms with van der Waals surface area (Å²) >= 11 is 1.59. The first kappa shape index (κ1) is 13.1.